The molecule has 1 heterocycles. The predicted molar refractivity (Wildman–Crippen MR) is 117 cm³/mol. The van der Waals surface area contributed by atoms with Crippen LogP contribution >= 0.6 is 11.6 Å². The highest BCUT2D eigenvalue weighted by Crippen LogP contribution is 2.28. The summed E-state index contributed by atoms with van der Waals surface area (Å²) >= 11 is 6.24. The Bertz CT molecular complexity index is 974. The average Bonchev–Trinajstić information content (AvgIpc) is 2.73. The molecule has 1 N–H and O–H groups in total. The molecule has 1 atom stereocenters. The van der Waals surface area contributed by atoms with E-state index in [1.807, 2.05) is 30.3 Å². The van der Waals surface area contributed by atoms with Gasteiger partial charge in [-0.3, -0.25) is 4.79 Å². The number of nitrogens with one attached hydrogen (secondary N) is 1. The number of halogens is 1. The normalized spacial score (nSPS) is 16.3. The third kappa shape index (κ3) is 5.74. The smallest absolute Gasteiger partial charge is 0.260 e. The third-order valence-corrected chi connectivity index (χ3v) is 7.17. The number of benzene rings is 2. The van der Waals surface area contributed by atoms with Gasteiger partial charge < -0.3 is 9.64 Å². The molecule has 0 aromatic heterocycles. The number of likely N-dealkylation sites (tertiary alicyclic amines) is 1. The molecule has 2 aromatic carbocycles. The first-order valence-corrected chi connectivity index (χ1v) is 11.9. The molecule has 0 bridgehead atoms. The fourth-order valence-corrected chi connectivity index (χ4v) is 4.92. The number of carbonyl (C=O) groups excluding carboxylic acids is 1. The lowest BCUT2D eigenvalue weighted by Crippen LogP contribution is -2.40. The van der Waals surface area contributed by atoms with Gasteiger partial charge in [-0.15, -0.1) is 0 Å². The van der Waals surface area contributed by atoms with Crippen LogP contribution in [0.1, 0.15) is 38.3 Å². The van der Waals surface area contributed by atoms with E-state index in [2.05, 4.69) is 11.6 Å². The number of hydrogen-bond donors (Lipinski definition) is 1. The largest absolute Gasteiger partial charge is 0.482 e. The van der Waals surface area contributed by atoms with Gasteiger partial charge in [0, 0.05) is 19.1 Å². The lowest BCUT2D eigenvalue weighted by molar-refractivity contribution is -0.134. The van der Waals surface area contributed by atoms with Crippen LogP contribution in [0.3, 0.4) is 0 Å². The molecular weight excluding hydrogens is 424 g/mol. The number of piperidine rings is 1. The van der Waals surface area contributed by atoms with Crippen molar-refractivity contribution in [2.45, 2.75) is 37.6 Å². The zero-order valence-corrected chi connectivity index (χ0v) is 18.7. The molecule has 30 heavy (non-hydrogen) atoms. The number of carbonyl (C=O) groups is 1. The molecule has 3 rings (SSSR count). The number of hydrogen-bond acceptors (Lipinski definition) is 4. The maximum atomic E-state index is 12.7. The van der Waals surface area contributed by atoms with E-state index in [0.29, 0.717) is 5.92 Å². The molecule has 1 saturated heterocycles. The number of amides is 1. The van der Waals surface area contributed by atoms with Crippen LogP contribution in [0, 0.1) is 5.92 Å². The first kappa shape index (κ1) is 22.6. The van der Waals surface area contributed by atoms with E-state index in [1.165, 1.54) is 18.2 Å². The molecule has 0 unspecified atom stereocenters. The minimum absolute atomic E-state index is 0.0407. The highest BCUT2D eigenvalue weighted by atomic mass is 35.5. The number of rotatable bonds is 7. The summed E-state index contributed by atoms with van der Waals surface area (Å²) in [6.07, 6.45) is 1.99. The van der Waals surface area contributed by atoms with Gasteiger partial charge in [-0.1, -0.05) is 48.9 Å². The van der Waals surface area contributed by atoms with Crippen LogP contribution in [-0.2, 0) is 14.8 Å². The van der Waals surface area contributed by atoms with E-state index in [0.717, 1.165) is 31.5 Å². The van der Waals surface area contributed by atoms with E-state index >= 15 is 0 Å². The zero-order chi connectivity index (χ0) is 21.7. The summed E-state index contributed by atoms with van der Waals surface area (Å²) in [7, 11) is -3.77. The predicted octanol–water partition coefficient (Wildman–Crippen LogP) is 4.02. The Hall–Kier alpha value is -2.09. The minimum atomic E-state index is -3.77. The van der Waals surface area contributed by atoms with Crippen molar-refractivity contribution in [1.82, 2.24) is 9.62 Å². The molecule has 8 heteroatoms. The van der Waals surface area contributed by atoms with Crippen LogP contribution < -0.4 is 9.46 Å². The van der Waals surface area contributed by atoms with Crippen molar-refractivity contribution in [3.8, 4) is 5.75 Å². The summed E-state index contributed by atoms with van der Waals surface area (Å²) in [6.45, 7) is 5.31. The Kier molecular flexibility index (Phi) is 7.39. The van der Waals surface area contributed by atoms with E-state index in [-0.39, 0.29) is 28.2 Å². The van der Waals surface area contributed by atoms with Gasteiger partial charge in [-0.2, -0.15) is 0 Å². The number of sulfonamides is 1. The molecule has 0 spiro atoms. The summed E-state index contributed by atoms with van der Waals surface area (Å²) in [5.41, 5.74) is 0.859. The first-order chi connectivity index (χ1) is 14.3. The van der Waals surface area contributed by atoms with Crippen LogP contribution in [0.15, 0.2) is 53.4 Å². The molecule has 1 fully saturated rings. The van der Waals surface area contributed by atoms with Gasteiger partial charge in [0.1, 0.15) is 5.75 Å². The fourth-order valence-electron chi connectivity index (χ4n) is 3.37. The Morgan fingerprint density at radius 1 is 1.20 bits per heavy atom. The molecule has 162 valence electrons. The highest BCUT2D eigenvalue weighted by molar-refractivity contribution is 7.89. The van der Waals surface area contributed by atoms with Gasteiger partial charge in [-0.25, -0.2) is 13.1 Å². The summed E-state index contributed by atoms with van der Waals surface area (Å²) in [4.78, 5) is 14.2. The van der Waals surface area contributed by atoms with E-state index in [1.54, 1.807) is 11.8 Å². The molecule has 0 radical (unpaired) electrons. The summed E-state index contributed by atoms with van der Waals surface area (Å²) in [6, 6.07) is 13.2. The number of nitrogens with zero attached hydrogens (tertiary/aromatic N) is 1. The second-order valence-corrected chi connectivity index (χ2v) is 9.82. The lowest BCUT2D eigenvalue weighted by atomic mass is 9.99. The van der Waals surface area contributed by atoms with Gasteiger partial charge in [0.25, 0.3) is 5.91 Å². The van der Waals surface area contributed by atoms with E-state index < -0.39 is 16.1 Å². The molecule has 0 aliphatic carbocycles. The summed E-state index contributed by atoms with van der Waals surface area (Å²) in [5, 5.41) is 0.144. The summed E-state index contributed by atoms with van der Waals surface area (Å²) < 4.78 is 33.6. The van der Waals surface area contributed by atoms with Crippen molar-refractivity contribution in [3.05, 3.63) is 59.1 Å². The van der Waals surface area contributed by atoms with Crippen LogP contribution in [0.5, 0.6) is 5.75 Å². The van der Waals surface area contributed by atoms with Gasteiger partial charge in [0.05, 0.1) is 9.92 Å². The average molecular weight is 451 g/mol. The van der Waals surface area contributed by atoms with Gasteiger partial charge in [-0.05, 0) is 49.4 Å². The quantitative estimate of drug-likeness (QED) is 0.691. The van der Waals surface area contributed by atoms with Crippen molar-refractivity contribution in [3.63, 3.8) is 0 Å². The molecule has 2 aromatic rings. The van der Waals surface area contributed by atoms with E-state index in [4.69, 9.17) is 16.3 Å². The monoisotopic (exact) mass is 450 g/mol. The Morgan fingerprint density at radius 3 is 2.50 bits per heavy atom. The van der Waals surface area contributed by atoms with Gasteiger partial charge >= 0.3 is 0 Å². The molecule has 6 nitrogen and oxygen atoms in total. The lowest BCUT2D eigenvalue weighted by Gasteiger charge is -2.30. The Morgan fingerprint density at radius 2 is 1.87 bits per heavy atom. The van der Waals surface area contributed by atoms with Crippen molar-refractivity contribution in [2.24, 2.45) is 5.92 Å². The molecule has 1 amide bonds. The maximum Gasteiger partial charge on any atom is 0.260 e. The topological polar surface area (TPSA) is 75.7 Å². The van der Waals surface area contributed by atoms with Crippen molar-refractivity contribution in [1.29, 1.82) is 0 Å². The van der Waals surface area contributed by atoms with Gasteiger partial charge in [0.15, 0.2) is 6.61 Å². The van der Waals surface area contributed by atoms with Crippen LogP contribution in [0.25, 0.3) is 0 Å². The summed E-state index contributed by atoms with van der Waals surface area (Å²) in [5.74, 6) is 0.829. The second-order valence-electron chi connectivity index (χ2n) is 7.70. The number of ether oxygens (including phenoxy) is 1. The van der Waals surface area contributed by atoms with Crippen molar-refractivity contribution >= 4 is 27.5 Å². The highest BCUT2D eigenvalue weighted by Gasteiger charge is 2.22. The Labute approximate surface area is 183 Å². The maximum absolute atomic E-state index is 12.7. The van der Waals surface area contributed by atoms with Crippen LogP contribution in [0.2, 0.25) is 5.02 Å². The molecule has 0 saturated carbocycles. The SMILES string of the molecule is CC1CCN(C(=O)COc2ccc(S(=O)(=O)N[C@H](C)c3ccccc3)cc2Cl)CC1. The first-order valence-electron chi connectivity index (χ1n) is 10.0. The van der Waals surface area contributed by atoms with Crippen molar-refractivity contribution < 1.29 is 17.9 Å². The fraction of sp³-hybridized carbons (Fsp3) is 0.409. The minimum Gasteiger partial charge on any atom is -0.482 e. The van der Waals surface area contributed by atoms with Crippen LogP contribution in [-0.4, -0.2) is 38.9 Å². The van der Waals surface area contributed by atoms with Crippen LogP contribution in [0.4, 0.5) is 0 Å². The second kappa shape index (κ2) is 9.81. The van der Waals surface area contributed by atoms with E-state index in [9.17, 15) is 13.2 Å². The van der Waals surface area contributed by atoms with Gasteiger partial charge in [0.2, 0.25) is 10.0 Å². The van der Waals surface area contributed by atoms with Crippen molar-refractivity contribution in [2.75, 3.05) is 19.7 Å². The molecular formula is C22H27ClN2O4S. The third-order valence-electron chi connectivity index (χ3n) is 5.33. The molecule has 1 aliphatic rings. The zero-order valence-electron chi connectivity index (χ0n) is 17.2. The standard InChI is InChI=1S/C22H27ClN2O4S/c1-16-10-12-25(13-11-16)22(26)15-29-21-9-8-19(14-20(21)23)30(27,28)24-17(2)18-6-4-3-5-7-18/h3-9,14,16-17,24H,10-13,15H2,1-2H3/t17-/m1/s1. The Balaban J connectivity index is 1.62. The molecule has 1 aliphatic heterocycles.